The second kappa shape index (κ2) is 11.8. The zero-order chi connectivity index (χ0) is 28.4. The summed E-state index contributed by atoms with van der Waals surface area (Å²) >= 11 is 0. The summed E-state index contributed by atoms with van der Waals surface area (Å²) < 4.78 is 2.31. The minimum absolute atomic E-state index is 0.0476. The highest BCUT2D eigenvalue weighted by Gasteiger charge is 2.32. The molecule has 214 valence electrons. The molecule has 0 spiro atoms. The Hall–Kier alpha value is -3.13. The number of benzene rings is 1. The van der Waals surface area contributed by atoms with Crippen molar-refractivity contribution in [2.75, 3.05) is 26.2 Å². The highest BCUT2D eigenvalue weighted by atomic mass is 16.2. The third-order valence-electron chi connectivity index (χ3n) is 9.03. The van der Waals surface area contributed by atoms with Gasteiger partial charge in [-0.05, 0) is 75.8 Å². The molecule has 0 N–H and O–H groups in total. The fourth-order valence-electron chi connectivity index (χ4n) is 6.49. The molecule has 2 aliphatic rings. The van der Waals surface area contributed by atoms with Crippen molar-refractivity contribution >= 4 is 5.91 Å². The number of carbonyl (C=O) groups is 1. The fourth-order valence-corrected chi connectivity index (χ4v) is 6.49. The predicted molar refractivity (Wildman–Crippen MR) is 158 cm³/mol. The third kappa shape index (κ3) is 6.12. The van der Waals surface area contributed by atoms with Gasteiger partial charge in [0.1, 0.15) is 23.7 Å². The maximum absolute atomic E-state index is 13.5. The van der Waals surface area contributed by atoms with Crippen LogP contribution in [0, 0.1) is 20.8 Å². The summed E-state index contributed by atoms with van der Waals surface area (Å²) in [6.07, 6.45) is 7.55. The van der Waals surface area contributed by atoms with Gasteiger partial charge in [0.15, 0.2) is 0 Å². The van der Waals surface area contributed by atoms with E-state index in [0.717, 1.165) is 87.6 Å². The molecule has 0 atom stereocenters. The molecule has 4 heterocycles. The molecule has 8 nitrogen and oxygen atoms in total. The first-order chi connectivity index (χ1) is 19.1. The smallest absolute Gasteiger partial charge is 0.272 e. The van der Waals surface area contributed by atoms with E-state index in [0.29, 0.717) is 17.8 Å². The highest BCUT2D eigenvalue weighted by molar-refractivity contribution is 5.93. The van der Waals surface area contributed by atoms with Gasteiger partial charge in [-0.3, -0.25) is 4.79 Å². The molecule has 8 heteroatoms. The molecule has 5 rings (SSSR count). The van der Waals surface area contributed by atoms with Crippen LogP contribution in [0.1, 0.15) is 97.0 Å². The van der Waals surface area contributed by atoms with Gasteiger partial charge in [-0.1, -0.05) is 45.0 Å². The third-order valence-corrected chi connectivity index (χ3v) is 9.03. The first-order valence-corrected chi connectivity index (χ1v) is 14.9. The normalized spacial score (nSPS) is 17.9. The average molecular weight is 544 g/mol. The van der Waals surface area contributed by atoms with Gasteiger partial charge in [0.25, 0.3) is 5.91 Å². The maximum atomic E-state index is 13.5. The highest BCUT2D eigenvalue weighted by Crippen LogP contribution is 2.29. The van der Waals surface area contributed by atoms with Crippen LogP contribution in [-0.4, -0.2) is 72.7 Å². The molecule has 0 unspecified atom stereocenters. The quantitative estimate of drug-likeness (QED) is 0.435. The monoisotopic (exact) mass is 543 g/mol. The Balaban J connectivity index is 1.14. The second-order valence-electron chi connectivity index (χ2n) is 12.7. The molecular formula is C32H45N7O. The van der Waals surface area contributed by atoms with Crippen LogP contribution in [0.2, 0.25) is 0 Å². The summed E-state index contributed by atoms with van der Waals surface area (Å²) in [7, 11) is 0. The lowest BCUT2D eigenvalue weighted by atomic mass is 9.86. The maximum Gasteiger partial charge on any atom is 0.272 e. The lowest BCUT2D eigenvalue weighted by molar-refractivity contribution is 0.0550. The molecule has 0 radical (unpaired) electrons. The van der Waals surface area contributed by atoms with E-state index in [2.05, 4.69) is 74.7 Å². The van der Waals surface area contributed by atoms with E-state index in [9.17, 15) is 4.79 Å². The summed E-state index contributed by atoms with van der Waals surface area (Å²) in [5, 5.41) is 8.50. The molecule has 1 aromatic carbocycles. The zero-order valence-electron chi connectivity index (χ0n) is 25.2. The summed E-state index contributed by atoms with van der Waals surface area (Å²) in [5.74, 6) is 2.08. The number of likely N-dealkylation sites (tertiary alicyclic amines) is 2. The molecule has 0 bridgehead atoms. The molecule has 0 aliphatic carbocycles. The van der Waals surface area contributed by atoms with Crippen molar-refractivity contribution in [3.63, 3.8) is 0 Å². The van der Waals surface area contributed by atoms with Crippen LogP contribution in [0.25, 0.3) is 0 Å². The number of hydrogen-bond acceptors (Lipinski definition) is 6. The van der Waals surface area contributed by atoms with E-state index in [1.54, 1.807) is 6.33 Å². The molecule has 40 heavy (non-hydrogen) atoms. The lowest BCUT2D eigenvalue weighted by Gasteiger charge is -2.42. The second-order valence-corrected chi connectivity index (χ2v) is 12.7. The molecular weight excluding hydrogens is 498 g/mol. The van der Waals surface area contributed by atoms with Crippen molar-refractivity contribution < 1.29 is 4.79 Å². The van der Waals surface area contributed by atoms with Gasteiger partial charge in [-0.25, -0.2) is 9.97 Å². The van der Waals surface area contributed by atoms with E-state index < -0.39 is 0 Å². The molecule has 3 aromatic rings. The topological polar surface area (TPSA) is 80.0 Å². The van der Waals surface area contributed by atoms with Crippen molar-refractivity contribution in [1.29, 1.82) is 0 Å². The largest absolute Gasteiger partial charge is 0.337 e. The Labute approximate surface area is 239 Å². The predicted octanol–water partition coefficient (Wildman–Crippen LogP) is 5.02. The Morgan fingerprint density at radius 2 is 1.43 bits per heavy atom. The van der Waals surface area contributed by atoms with Crippen LogP contribution in [0.4, 0.5) is 0 Å². The number of rotatable bonds is 6. The summed E-state index contributed by atoms with van der Waals surface area (Å²) in [6.45, 7) is 16.6. The minimum Gasteiger partial charge on any atom is -0.337 e. The van der Waals surface area contributed by atoms with Gasteiger partial charge < -0.3 is 14.4 Å². The van der Waals surface area contributed by atoms with Crippen LogP contribution in [0.15, 0.2) is 30.6 Å². The van der Waals surface area contributed by atoms with E-state index >= 15 is 0 Å². The number of nitrogens with zero attached hydrogens (tertiary/aromatic N) is 7. The van der Waals surface area contributed by atoms with Crippen LogP contribution < -0.4 is 0 Å². The lowest BCUT2D eigenvalue weighted by Crippen LogP contribution is -2.49. The average Bonchev–Trinajstić information content (AvgIpc) is 3.29. The van der Waals surface area contributed by atoms with Gasteiger partial charge in [0.05, 0.1) is 0 Å². The van der Waals surface area contributed by atoms with E-state index in [-0.39, 0.29) is 11.3 Å². The van der Waals surface area contributed by atoms with Crippen LogP contribution in [-0.2, 0) is 18.3 Å². The van der Waals surface area contributed by atoms with Crippen LogP contribution in [0.5, 0.6) is 0 Å². The SMILES string of the molecule is Cc1c(CCc2ccc(C(C)(C)C)cc2)ncnc1C(=O)N1CCC(N2CCC(n3c(C)nnc3C)CC2)CC1. The number of piperidine rings is 2. The van der Waals surface area contributed by atoms with Crippen molar-refractivity contribution in [2.45, 2.75) is 97.6 Å². The number of carbonyl (C=O) groups excluding carboxylic acids is 1. The fraction of sp³-hybridized carbons (Fsp3) is 0.594. The van der Waals surface area contributed by atoms with Crippen molar-refractivity contribution in [3.8, 4) is 0 Å². The van der Waals surface area contributed by atoms with Crippen molar-refractivity contribution in [3.05, 3.63) is 70.3 Å². The van der Waals surface area contributed by atoms with Crippen LogP contribution in [0.3, 0.4) is 0 Å². The zero-order valence-corrected chi connectivity index (χ0v) is 25.2. The van der Waals surface area contributed by atoms with E-state index in [1.807, 2.05) is 25.7 Å². The summed E-state index contributed by atoms with van der Waals surface area (Å²) in [5.41, 5.74) is 5.23. The first-order valence-electron chi connectivity index (χ1n) is 14.9. The standard InChI is InChI=1S/C32H45N7O/c1-22-29(12-9-25-7-10-26(11-8-25)32(4,5)6)33-21-34-30(22)31(40)38-19-13-27(14-20-38)37-17-15-28(16-18-37)39-23(2)35-36-24(39)3/h7-8,10-11,21,27-28H,9,12-20H2,1-6H3. The van der Waals surface area contributed by atoms with Gasteiger partial charge in [0.2, 0.25) is 0 Å². The van der Waals surface area contributed by atoms with Crippen molar-refractivity contribution in [1.82, 2.24) is 34.5 Å². The number of hydrogen-bond donors (Lipinski definition) is 0. The van der Waals surface area contributed by atoms with Gasteiger partial charge in [-0.15, -0.1) is 10.2 Å². The number of amides is 1. The van der Waals surface area contributed by atoms with Gasteiger partial charge in [0, 0.05) is 49.5 Å². The number of aryl methyl sites for hydroxylation is 4. The Bertz CT molecular complexity index is 1290. The minimum atomic E-state index is 0.0476. The molecule has 2 saturated heterocycles. The summed E-state index contributed by atoms with van der Waals surface area (Å²) in [4.78, 5) is 27.1. The van der Waals surface area contributed by atoms with Gasteiger partial charge >= 0.3 is 0 Å². The summed E-state index contributed by atoms with van der Waals surface area (Å²) in [6, 6.07) is 9.91. The number of aromatic nitrogens is 5. The Morgan fingerprint density at radius 3 is 2.02 bits per heavy atom. The molecule has 1 amide bonds. The Kier molecular flexibility index (Phi) is 8.36. The Morgan fingerprint density at radius 1 is 0.825 bits per heavy atom. The van der Waals surface area contributed by atoms with Crippen LogP contribution >= 0.6 is 0 Å². The molecule has 0 saturated carbocycles. The van der Waals surface area contributed by atoms with Gasteiger partial charge in [-0.2, -0.15) is 0 Å². The van der Waals surface area contributed by atoms with Crippen molar-refractivity contribution in [2.24, 2.45) is 0 Å². The van der Waals surface area contributed by atoms with E-state index in [1.165, 1.54) is 11.1 Å². The molecule has 2 aliphatic heterocycles. The first kappa shape index (κ1) is 28.4. The molecule has 2 aromatic heterocycles. The van der Waals surface area contributed by atoms with E-state index in [4.69, 9.17) is 0 Å². The molecule has 2 fully saturated rings.